The third-order valence-electron chi connectivity index (χ3n) is 3.65. The van der Waals surface area contributed by atoms with E-state index in [-0.39, 0.29) is 11.1 Å². The van der Waals surface area contributed by atoms with Crippen LogP contribution in [0, 0.1) is 0 Å². The number of primary amides is 1. The summed E-state index contributed by atoms with van der Waals surface area (Å²) in [7, 11) is 0. The van der Waals surface area contributed by atoms with E-state index in [4.69, 9.17) is 5.73 Å². The Bertz CT molecular complexity index is 790. The number of amides is 3. The van der Waals surface area contributed by atoms with Crippen molar-refractivity contribution in [3.8, 4) is 11.1 Å². The van der Waals surface area contributed by atoms with Crippen LogP contribution in [0.25, 0.3) is 11.1 Å². The highest BCUT2D eigenvalue weighted by Gasteiger charge is 2.32. The highest BCUT2D eigenvalue weighted by molar-refractivity contribution is 8.15. The number of carbonyl (C=O) groups excluding carboxylic acids is 3. The Morgan fingerprint density at radius 2 is 1.83 bits per heavy atom. The molecule has 1 heterocycles. The molecule has 0 spiro atoms. The van der Waals surface area contributed by atoms with Crippen molar-refractivity contribution in [2.24, 2.45) is 5.73 Å². The molecule has 0 aliphatic carbocycles. The summed E-state index contributed by atoms with van der Waals surface area (Å²) in [5.41, 5.74) is 8.29. The quantitative estimate of drug-likeness (QED) is 0.902. The van der Waals surface area contributed by atoms with E-state index in [2.05, 4.69) is 5.32 Å². The average Bonchev–Trinajstić information content (AvgIpc) is 2.85. The Morgan fingerprint density at radius 1 is 1.09 bits per heavy atom. The monoisotopic (exact) mass is 326 g/mol. The Hall–Kier alpha value is -2.60. The van der Waals surface area contributed by atoms with Gasteiger partial charge in [-0.2, -0.15) is 0 Å². The lowest BCUT2D eigenvalue weighted by Crippen LogP contribution is -2.25. The summed E-state index contributed by atoms with van der Waals surface area (Å²) in [5.74, 6) is -0.825. The predicted octanol–water partition coefficient (Wildman–Crippen LogP) is 2.35. The van der Waals surface area contributed by atoms with E-state index in [9.17, 15) is 14.4 Å². The SMILES string of the molecule is NC(=O)c1cccc(CC2SC(=O)NC2=O)c1-c1ccccc1. The molecule has 1 atom stereocenters. The van der Waals surface area contributed by atoms with Crippen LogP contribution in [-0.4, -0.2) is 22.3 Å². The van der Waals surface area contributed by atoms with E-state index in [0.29, 0.717) is 17.5 Å². The number of hydrogen-bond acceptors (Lipinski definition) is 4. The fraction of sp³-hybridized carbons (Fsp3) is 0.118. The number of carbonyl (C=O) groups is 3. The molecule has 1 aliphatic rings. The summed E-state index contributed by atoms with van der Waals surface area (Å²) in [4.78, 5) is 34.9. The zero-order valence-electron chi connectivity index (χ0n) is 12.1. The molecule has 0 aromatic heterocycles. The lowest BCUT2D eigenvalue weighted by molar-refractivity contribution is -0.118. The van der Waals surface area contributed by atoms with Crippen molar-refractivity contribution in [1.82, 2.24) is 5.32 Å². The van der Waals surface area contributed by atoms with Crippen molar-refractivity contribution in [2.75, 3.05) is 0 Å². The molecule has 1 unspecified atom stereocenters. The van der Waals surface area contributed by atoms with Crippen molar-refractivity contribution in [1.29, 1.82) is 0 Å². The molecule has 3 rings (SSSR count). The van der Waals surface area contributed by atoms with E-state index in [1.54, 1.807) is 12.1 Å². The van der Waals surface area contributed by atoms with Crippen LogP contribution in [0.15, 0.2) is 48.5 Å². The molecule has 6 heteroatoms. The average molecular weight is 326 g/mol. The van der Waals surface area contributed by atoms with Gasteiger partial charge in [-0.3, -0.25) is 19.7 Å². The molecule has 3 N–H and O–H groups in total. The van der Waals surface area contributed by atoms with Crippen LogP contribution in [-0.2, 0) is 11.2 Å². The van der Waals surface area contributed by atoms with Crippen LogP contribution in [0.3, 0.4) is 0 Å². The second kappa shape index (κ2) is 6.26. The molecule has 1 saturated heterocycles. The first kappa shape index (κ1) is 15.3. The Labute approximate surface area is 137 Å². The smallest absolute Gasteiger partial charge is 0.286 e. The van der Waals surface area contributed by atoms with Crippen LogP contribution in [0.1, 0.15) is 15.9 Å². The molecule has 3 amide bonds. The molecule has 2 aromatic rings. The number of thioether (sulfide) groups is 1. The third kappa shape index (κ3) is 3.12. The van der Waals surface area contributed by atoms with Gasteiger partial charge < -0.3 is 5.73 Å². The number of nitrogens with two attached hydrogens (primary N) is 1. The summed E-state index contributed by atoms with van der Waals surface area (Å²) in [6.07, 6.45) is 0.355. The van der Waals surface area contributed by atoms with Crippen molar-refractivity contribution in [3.05, 3.63) is 59.7 Å². The molecule has 1 aliphatic heterocycles. The summed E-state index contributed by atoms with van der Waals surface area (Å²) < 4.78 is 0. The molecular formula is C17H14N2O3S. The van der Waals surface area contributed by atoms with Crippen molar-refractivity contribution < 1.29 is 14.4 Å². The molecular weight excluding hydrogens is 312 g/mol. The minimum atomic E-state index is -0.523. The molecule has 0 radical (unpaired) electrons. The highest BCUT2D eigenvalue weighted by Crippen LogP contribution is 2.31. The topological polar surface area (TPSA) is 89.3 Å². The molecule has 23 heavy (non-hydrogen) atoms. The summed E-state index contributed by atoms with van der Waals surface area (Å²) >= 11 is 0.971. The van der Waals surface area contributed by atoms with Crippen molar-refractivity contribution in [2.45, 2.75) is 11.7 Å². The zero-order chi connectivity index (χ0) is 16.4. The fourth-order valence-corrected chi connectivity index (χ4v) is 3.50. The van der Waals surface area contributed by atoms with Gasteiger partial charge in [0, 0.05) is 5.56 Å². The van der Waals surface area contributed by atoms with Crippen molar-refractivity contribution in [3.63, 3.8) is 0 Å². The third-order valence-corrected chi connectivity index (χ3v) is 4.63. The number of hydrogen-bond donors (Lipinski definition) is 2. The standard InChI is InChI=1S/C17H14N2O3S/c18-15(20)12-8-4-7-11(9-13-16(21)19-17(22)23-13)14(12)10-5-2-1-3-6-10/h1-8,13H,9H2,(H2,18,20)(H,19,21,22). The van der Waals surface area contributed by atoms with Crippen LogP contribution in [0.4, 0.5) is 4.79 Å². The lowest BCUT2D eigenvalue weighted by Gasteiger charge is -2.15. The Kier molecular flexibility index (Phi) is 4.16. The number of nitrogens with one attached hydrogen (secondary N) is 1. The van der Waals surface area contributed by atoms with E-state index >= 15 is 0 Å². The summed E-state index contributed by atoms with van der Waals surface area (Å²) in [6.45, 7) is 0. The van der Waals surface area contributed by atoms with Crippen LogP contribution in [0.2, 0.25) is 0 Å². The summed E-state index contributed by atoms with van der Waals surface area (Å²) in [5, 5.41) is 1.44. The number of benzene rings is 2. The van der Waals surface area contributed by atoms with Gasteiger partial charge in [0.1, 0.15) is 0 Å². The molecule has 116 valence electrons. The van der Waals surface area contributed by atoms with E-state index in [0.717, 1.165) is 22.9 Å². The van der Waals surface area contributed by atoms with Gasteiger partial charge in [-0.05, 0) is 29.2 Å². The zero-order valence-corrected chi connectivity index (χ0v) is 12.9. The molecule has 1 fully saturated rings. The fourth-order valence-electron chi connectivity index (χ4n) is 2.65. The Morgan fingerprint density at radius 3 is 2.43 bits per heavy atom. The van der Waals surface area contributed by atoms with E-state index in [1.807, 2.05) is 36.4 Å². The normalized spacial score (nSPS) is 17.1. The van der Waals surface area contributed by atoms with Gasteiger partial charge in [0.15, 0.2) is 0 Å². The van der Waals surface area contributed by atoms with E-state index in [1.165, 1.54) is 0 Å². The second-order valence-electron chi connectivity index (χ2n) is 5.16. The maximum atomic E-state index is 11.8. The molecule has 0 bridgehead atoms. The first-order valence-corrected chi connectivity index (χ1v) is 7.93. The number of rotatable bonds is 4. The van der Waals surface area contributed by atoms with Crippen LogP contribution in [0.5, 0.6) is 0 Å². The maximum Gasteiger partial charge on any atom is 0.286 e. The number of imide groups is 1. The maximum absolute atomic E-state index is 11.8. The lowest BCUT2D eigenvalue weighted by atomic mass is 9.91. The predicted molar refractivity (Wildman–Crippen MR) is 89.0 cm³/mol. The summed E-state index contributed by atoms with van der Waals surface area (Å²) in [6, 6.07) is 14.7. The van der Waals surface area contributed by atoms with Gasteiger partial charge in [-0.25, -0.2) is 0 Å². The second-order valence-corrected chi connectivity index (χ2v) is 6.33. The largest absolute Gasteiger partial charge is 0.366 e. The van der Waals surface area contributed by atoms with Gasteiger partial charge >= 0.3 is 0 Å². The highest BCUT2D eigenvalue weighted by atomic mass is 32.2. The van der Waals surface area contributed by atoms with Gasteiger partial charge in [0.25, 0.3) is 5.24 Å². The molecule has 5 nitrogen and oxygen atoms in total. The Balaban J connectivity index is 2.06. The van der Waals surface area contributed by atoms with Crippen LogP contribution >= 0.6 is 11.8 Å². The first-order valence-electron chi connectivity index (χ1n) is 7.05. The van der Waals surface area contributed by atoms with Gasteiger partial charge in [0.05, 0.1) is 5.25 Å². The molecule has 2 aromatic carbocycles. The minimum Gasteiger partial charge on any atom is -0.366 e. The van der Waals surface area contributed by atoms with Gasteiger partial charge in [-0.15, -0.1) is 0 Å². The van der Waals surface area contributed by atoms with E-state index < -0.39 is 11.2 Å². The molecule has 0 saturated carbocycles. The van der Waals surface area contributed by atoms with Gasteiger partial charge in [0.2, 0.25) is 11.8 Å². The van der Waals surface area contributed by atoms with Crippen LogP contribution < -0.4 is 11.1 Å². The van der Waals surface area contributed by atoms with Crippen molar-refractivity contribution >= 4 is 28.8 Å². The minimum absolute atomic E-state index is 0.302. The van der Waals surface area contributed by atoms with Gasteiger partial charge in [-0.1, -0.05) is 54.2 Å². The first-order chi connectivity index (χ1) is 11.1.